The van der Waals surface area contributed by atoms with E-state index in [0.29, 0.717) is 6.54 Å². The molecule has 1 atom stereocenters. The van der Waals surface area contributed by atoms with Gasteiger partial charge in [-0.1, -0.05) is 18.2 Å². The van der Waals surface area contributed by atoms with Crippen molar-refractivity contribution in [2.24, 2.45) is 0 Å². The molecule has 1 aliphatic rings. The lowest BCUT2D eigenvalue weighted by Gasteiger charge is -2.31. The number of nitrogens with zero attached hydrogens (tertiary/aromatic N) is 1. The van der Waals surface area contributed by atoms with E-state index in [-0.39, 0.29) is 12.4 Å². The first-order chi connectivity index (χ1) is 6.76. The molecule has 0 aliphatic carbocycles. The lowest BCUT2D eigenvalue weighted by Crippen LogP contribution is -2.41. The highest BCUT2D eigenvalue weighted by molar-refractivity contribution is 5.85. The molecule has 1 aliphatic heterocycles. The monoisotopic (exact) mass is 220 g/mol. The molecule has 0 aromatic heterocycles. The van der Waals surface area contributed by atoms with Crippen LogP contribution < -0.4 is 4.48 Å². The van der Waals surface area contributed by atoms with Gasteiger partial charge in [-0.2, -0.15) is 0 Å². The van der Waals surface area contributed by atoms with Crippen molar-refractivity contribution in [2.75, 3.05) is 13.6 Å². The third kappa shape index (κ3) is 2.07. The molecule has 1 heterocycles. The van der Waals surface area contributed by atoms with E-state index in [1.807, 2.05) is 0 Å². The van der Waals surface area contributed by atoms with Crippen molar-refractivity contribution in [3.63, 3.8) is 0 Å². The van der Waals surface area contributed by atoms with Crippen LogP contribution in [0.3, 0.4) is 0 Å². The van der Waals surface area contributed by atoms with Gasteiger partial charge in [-0.05, 0) is 18.1 Å². The SMILES string of the molecule is C#CC[N+]1(C)C=CCc2ccccc21.Cl. The van der Waals surface area contributed by atoms with Crippen molar-refractivity contribution in [1.82, 2.24) is 4.48 Å². The van der Waals surface area contributed by atoms with Crippen LogP contribution in [0.15, 0.2) is 36.5 Å². The van der Waals surface area contributed by atoms with E-state index in [1.165, 1.54) is 11.3 Å². The normalized spacial score (nSPS) is 22.4. The van der Waals surface area contributed by atoms with Crippen molar-refractivity contribution in [3.8, 4) is 12.3 Å². The number of allylic oxidation sites excluding steroid dienone is 1. The smallest absolute Gasteiger partial charge is 0.149 e. The first-order valence-electron chi connectivity index (χ1n) is 4.81. The van der Waals surface area contributed by atoms with Gasteiger partial charge >= 0.3 is 0 Å². The van der Waals surface area contributed by atoms with E-state index < -0.39 is 0 Å². The molecule has 0 spiro atoms. The average Bonchev–Trinajstić information content (AvgIpc) is 2.19. The van der Waals surface area contributed by atoms with Gasteiger partial charge in [0.05, 0.1) is 13.2 Å². The third-order valence-corrected chi connectivity index (χ3v) is 2.73. The second-order valence-electron chi connectivity index (χ2n) is 3.85. The number of rotatable bonds is 1. The molecule has 0 saturated heterocycles. The molecule has 0 saturated carbocycles. The van der Waals surface area contributed by atoms with Gasteiger partial charge in [0.1, 0.15) is 12.2 Å². The van der Waals surface area contributed by atoms with Gasteiger partial charge in [0.15, 0.2) is 0 Å². The Labute approximate surface area is 97.4 Å². The average molecular weight is 221 g/mol. The molecule has 0 N–H and O–H groups in total. The molecule has 1 aromatic carbocycles. The summed E-state index contributed by atoms with van der Waals surface area (Å²) in [5.74, 6) is 2.74. The molecule has 1 nitrogen and oxygen atoms in total. The number of hydrogen-bond acceptors (Lipinski definition) is 0. The van der Waals surface area contributed by atoms with Crippen LogP contribution >= 0.6 is 12.4 Å². The van der Waals surface area contributed by atoms with Crippen molar-refractivity contribution >= 4 is 18.1 Å². The van der Waals surface area contributed by atoms with Gasteiger partial charge in [0.25, 0.3) is 0 Å². The van der Waals surface area contributed by atoms with Crippen molar-refractivity contribution in [2.45, 2.75) is 6.42 Å². The first kappa shape index (κ1) is 11.8. The second-order valence-corrected chi connectivity index (χ2v) is 3.85. The number of terminal acetylenes is 1. The Bertz CT molecular complexity index is 417. The van der Waals surface area contributed by atoms with Gasteiger partial charge in [-0.25, -0.2) is 0 Å². The van der Waals surface area contributed by atoms with Crippen LogP contribution in [-0.2, 0) is 6.42 Å². The van der Waals surface area contributed by atoms with Crippen LogP contribution in [0.25, 0.3) is 0 Å². The lowest BCUT2D eigenvalue weighted by molar-refractivity contribution is 0.486. The van der Waals surface area contributed by atoms with E-state index in [2.05, 4.69) is 49.5 Å². The van der Waals surface area contributed by atoms with Crippen LogP contribution in [0.5, 0.6) is 0 Å². The molecule has 0 radical (unpaired) electrons. The zero-order valence-electron chi connectivity index (χ0n) is 8.81. The summed E-state index contributed by atoms with van der Waals surface area (Å²) >= 11 is 0. The molecule has 2 rings (SSSR count). The Morgan fingerprint density at radius 1 is 1.40 bits per heavy atom. The third-order valence-electron chi connectivity index (χ3n) is 2.73. The Morgan fingerprint density at radius 2 is 2.13 bits per heavy atom. The Kier molecular flexibility index (Phi) is 3.57. The first-order valence-corrected chi connectivity index (χ1v) is 4.81. The highest BCUT2D eigenvalue weighted by Crippen LogP contribution is 2.30. The molecule has 0 amide bonds. The summed E-state index contributed by atoms with van der Waals surface area (Å²) < 4.78 is 0.729. The molecule has 1 aromatic rings. The summed E-state index contributed by atoms with van der Waals surface area (Å²) in [6.45, 7) is 0.716. The van der Waals surface area contributed by atoms with Crippen molar-refractivity contribution < 1.29 is 0 Å². The summed E-state index contributed by atoms with van der Waals surface area (Å²) in [7, 11) is 2.15. The van der Waals surface area contributed by atoms with Gasteiger partial charge in [-0.15, -0.1) is 18.8 Å². The van der Waals surface area contributed by atoms with Gasteiger partial charge in [0.2, 0.25) is 0 Å². The van der Waals surface area contributed by atoms with Gasteiger partial charge in [-0.3, -0.25) is 4.48 Å². The predicted octanol–water partition coefficient (Wildman–Crippen LogP) is 2.75. The largest absolute Gasteiger partial charge is 0.257 e. The van der Waals surface area contributed by atoms with Crippen LogP contribution in [-0.4, -0.2) is 13.6 Å². The van der Waals surface area contributed by atoms with Crippen molar-refractivity contribution in [3.05, 3.63) is 42.1 Å². The number of quaternary nitrogens is 1. The number of halogens is 1. The van der Waals surface area contributed by atoms with Gasteiger partial charge in [0, 0.05) is 12.0 Å². The number of para-hydroxylation sites is 1. The fourth-order valence-electron chi connectivity index (χ4n) is 2.00. The number of hydrogen-bond donors (Lipinski definition) is 0. The molecule has 0 bridgehead atoms. The zero-order valence-corrected chi connectivity index (χ0v) is 9.63. The summed E-state index contributed by atoms with van der Waals surface area (Å²) in [6, 6.07) is 8.49. The summed E-state index contributed by atoms with van der Waals surface area (Å²) in [5.41, 5.74) is 2.71. The molecular formula is C13H15ClN+. The van der Waals surface area contributed by atoms with Crippen LogP contribution in [0, 0.1) is 12.3 Å². The highest BCUT2D eigenvalue weighted by Gasteiger charge is 2.26. The highest BCUT2D eigenvalue weighted by atomic mass is 35.5. The van der Waals surface area contributed by atoms with Crippen LogP contribution in [0.2, 0.25) is 0 Å². The fourth-order valence-corrected chi connectivity index (χ4v) is 2.00. The summed E-state index contributed by atoms with van der Waals surface area (Å²) in [5, 5.41) is 0. The van der Waals surface area contributed by atoms with Crippen molar-refractivity contribution in [1.29, 1.82) is 0 Å². The summed E-state index contributed by atoms with van der Waals surface area (Å²) in [4.78, 5) is 0. The van der Waals surface area contributed by atoms with E-state index >= 15 is 0 Å². The van der Waals surface area contributed by atoms with E-state index in [1.54, 1.807) is 0 Å². The minimum Gasteiger partial charge on any atom is -0.257 e. The zero-order chi connectivity index (χ0) is 10.0. The number of fused-ring (bicyclic) bond motifs is 1. The second kappa shape index (κ2) is 4.53. The molecule has 1 unspecified atom stereocenters. The quantitative estimate of drug-likeness (QED) is 0.504. The fraction of sp³-hybridized carbons (Fsp3) is 0.231. The molecule has 0 fully saturated rings. The maximum Gasteiger partial charge on any atom is 0.149 e. The van der Waals surface area contributed by atoms with Crippen LogP contribution in [0.1, 0.15) is 5.56 Å². The van der Waals surface area contributed by atoms with E-state index in [0.717, 1.165) is 10.9 Å². The molecule has 15 heavy (non-hydrogen) atoms. The Balaban J connectivity index is 0.00000112. The summed E-state index contributed by atoms with van der Waals surface area (Å²) in [6.07, 6.45) is 10.8. The molecular weight excluding hydrogens is 206 g/mol. The molecule has 2 heteroatoms. The maximum absolute atomic E-state index is 5.40. The predicted molar refractivity (Wildman–Crippen MR) is 68.0 cm³/mol. The molecule has 78 valence electrons. The minimum atomic E-state index is 0. The maximum atomic E-state index is 5.40. The Hall–Kier alpha value is -1.23. The minimum absolute atomic E-state index is 0. The standard InChI is InChI=1S/C13H14N.ClH/c1-3-10-14(2)11-6-8-12-7-4-5-9-13(12)14;/h1,4-7,9,11H,8,10H2,2H3;1H/q+1;. The lowest BCUT2D eigenvalue weighted by atomic mass is 10.0. The Morgan fingerprint density at radius 3 is 2.87 bits per heavy atom. The van der Waals surface area contributed by atoms with E-state index in [9.17, 15) is 0 Å². The van der Waals surface area contributed by atoms with E-state index in [4.69, 9.17) is 6.42 Å². The van der Waals surface area contributed by atoms with Gasteiger partial charge < -0.3 is 0 Å². The van der Waals surface area contributed by atoms with Crippen LogP contribution in [0.4, 0.5) is 5.69 Å². The topological polar surface area (TPSA) is 0 Å². The number of benzene rings is 1.